The van der Waals surface area contributed by atoms with Crippen molar-refractivity contribution in [2.75, 3.05) is 24.5 Å². The van der Waals surface area contributed by atoms with Crippen molar-refractivity contribution in [3.05, 3.63) is 29.3 Å². The van der Waals surface area contributed by atoms with E-state index in [9.17, 15) is 13.2 Å². The van der Waals surface area contributed by atoms with Gasteiger partial charge >= 0.3 is 6.18 Å². The second kappa shape index (κ2) is 5.10. The summed E-state index contributed by atoms with van der Waals surface area (Å²) >= 11 is 0. The molecule has 0 amide bonds. The number of nitrogens with one attached hydrogen (secondary N) is 1. The third-order valence-corrected chi connectivity index (χ3v) is 3.26. The Kier molecular flexibility index (Phi) is 3.67. The fraction of sp³-hybridized carbons (Fsp3) is 0.462. The van der Waals surface area contributed by atoms with Crippen molar-refractivity contribution in [1.82, 2.24) is 5.32 Å². The van der Waals surface area contributed by atoms with E-state index in [1.54, 1.807) is 12.1 Å². The number of nitriles is 1. The van der Waals surface area contributed by atoms with Gasteiger partial charge in [0.1, 0.15) is 0 Å². The first-order valence-corrected chi connectivity index (χ1v) is 6.02. The standard InChI is InChI=1S/C13H14F3N3/c1-9-8-18-4-5-19(9)11-3-2-10(7-17)12(6-11)13(14,15)16/h2-3,6,9,18H,4-5,8H2,1H3. The van der Waals surface area contributed by atoms with Gasteiger partial charge in [-0.15, -0.1) is 0 Å². The number of hydrogen-bond donors (Lipinski definition) is 1. The smallest absolute Gasteiger partial charge is 0.366 e. The Hall–Kier alpha value is -1.74. The molecule has 1 saturated heterocycles. The van der Waals surface area contributed by atoms with Crippen LogP contribution in [0.3, 0.4) is 0 Å². The molecule has 1 aliphatic rings. The lowest BCUT2D eigenvalue weighted by Gasteiger charge is -2.36. The van der Waals surface area contributed by atoms with Crippen molar-refractivity contribution in [3.8, 4) is 6.07 Å². The normalized spacial score (nSPS) is 20.2. The van der Waals surface area contributed by atoms with E-state index < -0.39 is 11.7 Å². The van der Waals surface area contributed by atoms with Crippen LogP contribution >= 0.6 is 0 Å². The molecule has 1 atom stereocenters. The summed E-state index contributed by atoms with van der Waals surface area (Å²) in [5, 5.41) is 11.9. The number of alkyl halides is 3. The molecule has 1 heterocycles. The molecular formula is C13H14F3N3. The first-order valence-electron chi connectivity index (χ1n) is 6.02. The van der Waals surface area contributed by atoms with Crippen LogP contribution in [0, 0.1) is 11.3 Å². The molecule has 1 aromatic carbocycles. The molecule has 2 rings (SSSR count). The van der Waals surface area contributed by atoms with E-state index in [1.807, 2.05) is 11.8 Å². The van der Waals surface area contributed by atoms with E-state index >= 15 is 0 Å². The summed E-state index contributed by atoms with van der Waals surface area (Å²) in [6, 6.07) is 5.61. The lowest BCUT2D eigenvalue weighted by molar-refractivity contribution is -0.137. The van der Waals surface area contributed by atoms with Crippen molar-refractivity contribution in [2.24, 2.45) is 0 Å². The number of rotatable bonds is 1. The molecule has 0 aliphatic carbocycles. The van der Waals surface area contributed by atoms with Crippen LogP contribution in [-0.4, -0.2) is 25.7 Å². The maximum atomic E-state index is 12.9. The van der Waals surface area contributed by atoms with Crippen LogP contribution in [0.5, 0.6) is 0 Å². The second-order valence-electron chi connectivity index (χ2n) is 4.59. The van der Waals surface area contributed by atoms with Crippen molar-refractivity contribution < 1.29 is 13.2 Å². The van der Waals surface area contributed by atoms with Crippen molar-refractivity contribution in [2.45, 2.75) is 19.1 Å². The van der Waals surface area contributed by atoms with Crippen molar-refractivity contribution in [3.63, 3.8) is 0 Å². The van der Waals surface area contributed by atoms with Crippen LogP contribution < -0.4 is 10.2 Å². The maximum Gasteiger partial charge on any atom is 0.417 e. The third kappa shape index (κ3) is 2.82. The highest BCUT2D eigenvalue weighted by atomic mass is 19.4. The monoisotopic (exact) mass is 269 g/mol. The molecule has 0 spiro atoms. The van der Waals surface area contributed by atoms with Crippen LogP contribution in [0.1, 0.15) is 18.1 Å². The van der Waals surface area contributed by atoms with E-state index in [1.165, 1.54) is 6.07 Å². The Morgan fingerprint density at radius 2 is 2.16 bits per heavy atom. The lowest BCUT2D eigenvalue weighted by Crippen LogP contribution is -2.50. The summed E-state index contributed by atoms with van der Waals surface area (Å²) in [7, 11) is 0. The first-order chi connectivity index (χ1) is 8.93. The lowest BCUT2D eigenvalue weighted by atomic mass is 10.1. The summed E-state index contributed by atoms with van der Waals surface area (Å²) < 4.78 is 38.7. The van der Waals surface area contributed by atoms with Gasteiger partial charge in [0.05, 0.1) is 17.2 Å². The topological polar surface area (TPSA) is 39.1 Å². The van der Waals surface area contributed by atoms with Gasteiger partial charge < -0.3 is 10.2 Å². The van der Waals surface area contributed by atoms with Crippen LogP contribution in [0.2, 0.25) is 0 Å². The van der Waals surface area contributed by atoms with Crippen LogP contribution in [0.15, 0.2) is 18.2 Å². The summed E-state index contributed by atoms with van der Waals surface area (Å²) in [6.07, 6.45) is -4.50. The van der Waals surface area contributed by atoms with Crippen LogP contribution in [-0.2, 0) is 6.18 Å². The summed E-state index contributed by atoms with van der Waals surface area (Å²) in [5.74, 6) is 0. The zero-order chi connectivity index (χ0) is 14.0. The first kappa shape index (κ1) is 13.7. The number of anilines is 1. The number of benzene rings is 1. The van der Waals surface area contributed by atoms with E-state index in [4.69, 9.17) is 5.26 Å². The predicted octanol–water partition coefficient (Wildman–Crippen LogP) is 2.38. The minimum atomic E-state index is -4.50. The zero-order valence-electron chi connectivity index (χ0n) is 10.5. The Morgan fingerprint density at radius 1 is 1.42 bits per heavy atom. The average Bonchev–Trinajstić information content (AvgIpc) is 2.37. The SMILES string of the molecule is CC1CNCCN1c1ccc(C#N)c(C(F)(F)F)c1. The van der Waals surface area contributed by atoms with Gasteiger partial charge in [-0.2, -0.15) is 18.4 Å². The number of nitrogens with zero attached hydrogens (tertiary/aromatic N) is 2. The molecule has 3 nitrogen and oxygen atoms in total. The fourth-order valence-electron chi connectivity index (χ4n) is 2.27. The highest BCUT2D eigenvalue weighted by molar-refractivity contribution is 5.55. The van der Waals surface area contributed by atoms with E-state index in [0.29, 0.717) is 12.2 Å². The Balaban J connectivity index is 2.41. The van der Waals surface area contributed by atoms with E-state index in [0.717, 1.165) is 19.2 Å². The summed E-state index contributed by atoms with van der Waals surface area (Å²) in [5.41, 5.74) is -0.683. The molecule has 0 radical (unpaired) electrons. The van der Waals surface area contributed by atoms with Crippen molar-refractivity contribution >= 4 is 5.69 Å². The predicted molar refractivity (Wildman–Crippen MR) is 65.8 cm³/mol. The average molecular weight is 269 g/mol. The molecule has 19 heavy (non-hydrogen) atoms. The fourth-order valence-corrected chi connectivity index (χ4v) is 2.27. The maximum absolute atomic E-state index is 12.9. The molecule has 0 aromatic heterocycles. The Bertz CT molecular complexity index is 505. The number of piperazine rings is 1. The molecule has 0 saturated carbocycles. The minimum Gasteiger partial charge on any atom is -0.366 e. The Morgan fingerprint density at radius 3 is 2.74 bits per heavy atom. The van der Waals surface area contributed by atoms with Gasteiger partial charge in [-0.3, -0.25) is 0 Å². The molecule has 6 heteroatoms. The van der Waals surface area contributed by atoms with Gasteiger partial charge in [-0.25, -0.2) is 0 Å². The molecule has 1 aliphatic heterocycles. The van der Waals surface area contributed by atoms with E-state index in [-0.39, 0.29) is 11.6 Å². The summed E-state index contributed by atoms with van der Waals surface area (Å²) in [6.45, 7) is 4.09. The third-order valence-electron chi connectivity index (χ3n) is 3.26. The van der Waals surface area contributed by atoms with Crippen LogP contribution in [0.25, 0.3) is 0 Å². The van der Waals surface area contributed by atoms with Crippen LogP contribution in [0.4, 0.5) is 18.9 Å². The van der Waals surface area contributed by atoms with E-state index in [2.05, 4.69) is 5.32 Å². The van der Waals surface area contributed by atoms with Gasteiger partial charge in [0.25, 0.3) is 0 Å². The molecule has 102 valence electrons. The highest BCUT2D eigenvalue weighted by Gasteiger charge is 2.34. The van der Waals surface area contributed by atoms with Gasteiger partial charge in [0, 0.05) is 31.4 Å². The molecule has 1 unspecified atom stereocenters. The molecule has 1 fully saturated rings. The zero-order valence-corrected chi connectivity index (χ0v) is 10.5. The van der Waals surface area contributed by atoms with Gasteiger partial charge in [-0.05, 0) is 25.1 Å². The number of hydrogen-bond acceptors (Lipinski definition) is 3. The van der Waals surface area contributed by atoms with Gasteiger partial charge in [0.2, 0.25) is 0 Å². The molecule has 0 bridgehead atoms. The largest absolute Gasteiger partial charge is 0.417 e. The highest BCUT2D eigenvalue weighted by Crippen LogP contribution is 2.34. The molecular weight excluding hydrogens is 255 g/mol. The van der Waals surface area contributed by atoms with Crippen molar-refractivity contribution in [1.29, 1.82) is 5.26 Å². The quantitative estimate of drug-likeness (QED) is 0.850. The molecule has 1 aromatic rings. The summed E-state index contributed by atoms with van der Waals surface area (Å²) in [4.78, 5) is 1.92. The second-order valence-corrected chi connectivity index (χ2v) is 4.59. The minimum absolute atomic E-state index is 0.128. The van der Waals surface area contributed by atoms with Gasteiger partial charge in [-0.1, -0.05) is 0 Å². The Labute approximate surface area is 109 Å². The molecule has 1 N–H and O–H groups in total. The number of halogens is 3. The van der Waals surface area contributed by atoms with Gasteiger partial charge in [0.15, 0.2) is 0 Å².